The molecule has 1 aliphatic rings. The quantitative estimate of drug-likeness (QED) is 0.482. The van der Waals surface area contributed by atoms with E-state index in [0.717, 1.165) is 12.8 Å². The first-order valence-corrected chi connectivity index (χ1v) is 6.09. The van der Waals surface area contributed by atoms with Crippen LogP contribution in [0.2, 0.25) is 0 Å². The molecule has 1 aliphatic carbocycles. The van der Waals surface area contributed by atoms with Gasteiger partial charge < -0.3 is 9.84 Å². The van der Waals surface area contributed by atoms with Gasteiger partial charge in [0.15, 0.2) is 5.79 Å². The summed E-state index contributed by atoms with van der Waals surface area (Å²) >= 11 is 0. The predicted molar refractivity (Wildman–Crippen MR) is 58.1 cm³/mol. The number of unbranched alkanes of at least 4 members (excludes halogenated alkanes) is 4. The minimum atomic E-state index is -0.737. The second-order valence-corrected chi connectivity index (χ2v) is 4.38. The maximum absolute atomic E-state index is 9.77. The lowest BCUT2D eigenvalue weighted by Gasteiger charge is -2.09. The summed E-state index contributed by atoms with van der Waals surface area (Å²) in [5, 5.41) is 9.77. The maximum Gasteiger partial charge on any atom is 0.168 e. The average Bonchev–Trinajstić information content (AvgIpc) is 2.77. The van der Waals surface area contributed by atoms with E-state index in [1.807, 2.05) is 6.92 Å². The third-order valence-electron chi connectivity index (χ3n) is 3.07. The van der Waals surface area contributed by atoms with Gasteiger partial charge in [-0.2, -0.15) is 0 Å². The fourth-order valence-electron chi connectivity index (χ4n) is 2.04. The zero-order valence-corrected chi connectivity index (χ0v) is 9.59. The Morgan fingerprint density at radius 1 is 1.21 bits per heavy atom. The zero-order valence-electron chi connectivity index (χ0n) is 9.59. The molecule has 2 heteroatoms. The number of ether oxygens (including phenoxy) is 1. The fourth-order valence-corrected chi connectivity index (χ4v) is 2.04. The first-order chi connectivity index (χ1) is 6.73. The van der Waals surface area contributed by atoms with Crippen molar-refractivity contribution in [2.45, 2.75) is 64.6 Å². The lowest BCUT2D eigenvalue weighted by molar-refractivity contribution is -0.133. The lowest BCUT2D eigenvalue weighted by atomic mass is 10.1. The Labute approximate surface area is 87.7 Å². The number of hydrogen-bond donors (Lipinski definition) is 1. The Morgan fingerprint density at radius 3 is 2.57 bits per heavy atom. The van der Waals surface area contributed by atoms with Gasteiger partial charge in [-0.25, -0.2) is 0 Å². The van der Waals surface area contributed by atoms with E-state index in [0.29, 0.717) is 12.5 Å². The van der Waals surface area contributed by atoms with E-state index in [2.05, 4.69) is 6.92 Å². The highest BCUT2D eigenvalue weighted by Crippen LogP contribution is 2.47. The van der Waals surface area contributed by atoms with Crippen LogP contribution in [0.4, 0.5) is 0 Å². The molecule has 0 aromatic heterocycles. The molecule has 0 aliphatic heterocycles. The second-order valence-electron chi connectivity index (χ2n) is 4.38. The van der Waals surface area contributed by atoms with Gasteiger partial charge in [-0.1, -0.05) is 39.0 Å². The highest BCUT2D eigenvalue weighted by Gasteiger charge is 2.53. The summed E-state index contributed by atoms with van der Waals surface area (Å²) in [5.74, 6) is -0.316. The molecule has 0 spiro atoms. The maximum atomic E-state index is 9.77. The molecule has 0 saturated heterocycles. The van der Waals surface area contributed by atoms with E-state index >= 15 is 0 Å². The van der Waals surface area contributed by atoms with Crippen molar-refractivity contribution in [3.8, 4) is 0 Å². The lowest BCUT2D eigenvalue weighted by Crippen LogP contribution is -2.15. The molecule has 84 valence electrons. The molecule has 0 heterocycles. The van der Waals surface area contributed by atoms with Crippen molar-refractivity contribution in [3.63, 3.8) is 0 Å². The van der Waals surface area contributed by atoms with Crippen molar-refractivity contribution in [1.82, 2.24) is 0 Å². The molecule has 1 fully saturated rings. The summed E-state index contributed by atoms with van der Waals surface area (Å²) in [7, 11) is 0. The molecular formula is C12H24O2. The standard InChI is InChI=1S/C12H24O2/c1-3-5-6-7-8-9-11-10-12(11,13)14-4-2/h11,13H,3-10H2,1-2H3. The Morgan fingerprint density at radius 2 is 1.93 bits per heavy atom. The van der Waals surface area contributed by atoms with Crippen molar-refractivity contribution in [3.05, 3.63) is 0 Å². The van der Waals surface area contributed by atoms with Gasteiger partial charge in [-0.15, -0.1) is 0 Å². The molecule has 0 radical (unpaired) electrons. The van der Waals surface area contributed by atoms with Gasteiger partial charge in [0.1, 0.15) is 0 Å². The molecule has 2 unspecified atom stereocenters. The Hall–Kier alpha value is -0.0800. The van der Waals surface area contributed by atoms with Crippen LogP contribution < -0.4 is 0 Å². The minimum Gasteiger partial charge on any atom is -0.365 e. The number of rotatable bonds is 8. The SMILES string of the molecule is CCCCCCCC1CC1(O)OCC. The second kappa shape index (κ2) is 5.72. The molecule has 0 aromatic carbocycles. The number of hydrogen-bond acceptors (Lipinski definition) is 2. The summed E-state index contributed by atoms with van der Waals surface area (Å²) in [5.41, 5.74) is 0. The Balaban J connectivity index is 1.94. The van der Waals surface area contributed by atoms with Crippen LogP contribution in [0, 0.1) is 5.92 Å². The largest absolute Gasteiger partial charge is 0.365 e. The first-order valence-electron chi connectivity index (χ1n) is 6.09. The van der Waals surface area contributed by atoms with E-state index in [1.54, 1.807) is 0 Å². The molecule has 1 saturated carbocycles. The third kappa shape index (κ3) is 3.58. The predicted octanol–water partition coefficient (Wildman–Crippen LogP) is 3.09. The van der Waals surface area contributed by atoms with Crippen LogP contribution in [-0.4, -0.2) is 17.5 Å². The van der Waals surface area contributed by atoms with Crippen LogP contribution in [0.5, 0.6) is 0 Å². The van der Waals surface area contributed by atoms with E-state index in [1.165, 1.54) is 32.1 Å². The monoisotopic (exact) mass is 200 g/mol. The summed E-state index contributed by atoms with van der Waals surface area (Å²) in [6.45, 7) is 4.80. The summed E-state index contributed by atoms with van der Waals surface area (Å²) in [4.78, 5) is 0. The Bertz CT molecular complexity index is 158. The van der Waals surface area contributed by atoms with Crippen LogP contribution in [0.15, 0.2) is 0 Å². The molecule has 0 amide bonds. The third-order valence-corrected chi connectivity index (χ3v) is 3.07. The highest BCUT2D eigenvalue weighted by atomic mass is 16.6. The van der Waals surface area contributed by atoms with Crippen molar-refractivity contribution in [2.24, 2.45) is 5.92 Å². The van der Waals surface area contributed by atoms with Gasteiger partial charge in [0.2, 0.25) is 0 Å². The summed E-state index contributed by atoms with van der Waals surface area (Å²) in [6.07, 6.45) is 8.55. The zero-order chi connectivity index (χ0) is 10.4. The van der Waals surface area contributed by atoms with Crippen molar-refractivity contribution < 1.29 is 9.84 Å². The van der Waals surface area contributed by atoms with Gasteiger partial charge >= 0.3 is 0 Å². The van der Waals surface area contributed by atoms with Crippen molar-refractivity contribution >= 4 is 0 Å². The van der Waals surface area contributed by atoms with E-state index in [-0.39, 0.29) is 0 Å². The highest BCUT2D eigenvalue weighted by molar-refractivity contribution is 4.95. The topological polar surface area (TPSA) is 29.5 Å². The molecule has 2 atom stereocenters. The fraction of sp³-hybridized carbons (Fsp3) is 1.00. The summed E-state index contributed by atoms with van der Waals surface area (Å²) < 4.78 is 5.29. The smallest absolute Gasteiger partial charge is 0.168 e. The molecule has 14 heavy (non-hydrogen) atoms. The van der Waals surface area contributed by atoms with E-state index < -0.39 is 5.79 Å². The molecule has 1 N–H and O–H groups in total. The van der Waals surface area contributed by atoms with Gasteiger partial charge in [-0.3, -0.25) is 0 Å². The van der Waals surface area contributed by atoms with Crippen LogP contribution in [0.25, 0.3) is 0 Å². The van der Waals surface area contributed by atoms with Gasteiger partial charge in [0, 0.05) is 18.9 Å². The van der Waals surface area contributed by atoms with E-state index in [9.17, 15) is 5.11 Å². The Kier molecular flexibility index (Phi) is 4.90. The summed E-state index contributed by atoms with van der Waals surface area (Å²) in [6, 6.07) is 0. The molecule has 2 nitrogen and oxygen atoms in total. The molecule has 0 aromatic rings. The minimum absolute atomic E-state index is 0.420. The van der Waals surface area contributed by atoms with Crippen LogP contribution >= 0.6 is 0 Å². The first kappa shape index (κ1) is 12.0. The van der Waals surface area contributed by atoms with Gasteiger partial charge in [0.05, 0.1) is 0 Å². The molecular weight excluding hydrogens is 176 g/mol. The average molecular weight is 200 g/mol. The van der Waals surface area contributed by atoms with Crippen molar-refractivity contribution in [1.29, 1.82) is 0 Å². The van der Waals surface area contributed by atoms with Gasteiger partial charge in [-0.05, 0) is 13.3 Å². The number of aliphatic hydroxyl groups is 1. The van der Waals surface area contributed by atoms with E-state index in [4.69, 9.17) is 4.74 Å². The van der Waals surface area contributed by atoms with Gasteiger partial charge in [0.25, 0.3) is 0 Å². The normalized spacial score (nSPS) is 30.6. The van der Waals surface area contributed by atoms with Crippen LogP contribution in [0.1, 0.15) is 58.8 Å². The van der Waals surface area contributed by atoms with Crippen LogP contribution in [-0.2, 0) is 4.74 Å². The van der Waals surface area contributed by atoms with Crippen molar-refractivity contribution in [2.75, 3.05) is 6.61 Å². The van der Waals surface area contributed by atoms with Crippen LogP contribution in [0.3, 0.4) is 0 Å². The molecule has 0 bridgehead atoms. The molecule has 1 rings (SSSR count).